The molecule has 1 fully saturated rings. The van der Waals surface area contributed by atoms with Gasteiger partial charge >= 0.3 is 0 Å². The largest absolute Gasteiger partial charge is 0.378 e. The molecule has 0 spiro atoms. The molecular formula is C20H23ClN2O4S2. The van der Waals surface area contributed by atoms with Gasteiger partial charge in [0.1, 0.15) is 0 Å². The molecule has 29 heavy (non-hydrogen) atoms. The molecule has 1 aliphatic rings. The third-order valence-corrected chi connectivity index (χ3v) is 7.14. The summed E-state index contributed by atoms with van der Waals surface area (Å²) in [6.07, 6.45) is 2.41. The van der Waals surface area contributed by atoms with Crippen LogP contribution in [-0.4, -0.2) is 58.3 Å². The summed E-state index contributed by atoms with van der Waals surface area (Å²) in [5.41, 5.74) is 1.39. The monoisotopic (exact) mass is 454 g/mol. The SMILES string of the molecule is CSc1ccc(S(=O)(=O)NCCc2ccc(Cl)cc2)cc1C(=O)N1CCOCC1. The molecule has 0 radical (unpaired) electrons. The number of hydrogen-bond donors (Lipinski definition) is 1. The number of benzene rings is 2. The maximum absolute atomic E-state index is 12.9. The number of amides is 1. The first kappa shape index (κ1) is 22.1. The van der Waals surface area contributed by atoms with Gasteiger partial charge in [-0.05, 0) is 48.6 Å². The van der Waals surface area contributed by atoms with Crippen LogP contribution in [-0.2, 0) is 21.2 Å². The lowest BCUT2D eigenvalue weighted by molar-refractivity contribution is 0.0300. The van der Waals surface area contributed by atoms with Crippen molar-refractivity contribution in [2.75, 3.05) is 39.1 Å². The molecule has 0 unspecified atom stereocenters. The van der Waals surface area contributed by atoms with E-state index in [0.717, 1.165) is 10.5 Å². The van der Waals surface area contributed by atoms with Crippen LogP contribution in [0.1, 0.15) is 15.9 Å². The normalized spacial score (nSPS) is 14.8. The van der Waals surface area contributed by atoms with Gasteiger partial charge in [0, 0.05) is 29.6 Å². The first-order valence-electron chi connectivity index (χ1n) is 9.20. The highest BCUT2D eigenvalue weighted by molar-refractivity contribution is 7.98. The Hall–Kier alpha value is -1.58. The fourth-order valence-electron chi connectivity index (χ4n) is 3.02. The number of rotatable bonds is 7. The highest BCUT2D eigenvalue weighted by Crippen LogP contribution is 2.25. The van der Waals surface area contributed by atoms with Gasteiger partial charge in [-0.15, -0.1) is 11.8 Å². The number of nitrogens with one attached hydrogen (secondary N) is 1. The predicted molar refractivity (Wildman–Crippen MR) is 115 cm³/mol. The van der Waals surface area contributed by atoms with Crippen molar-refractivity contribution in [2.24, 2.45) is 0 Å². The van der Waals surface area contributed by atoms with Crippen LogP contribution in [0.4, 0.5) is 0 Å². The molecule has 9 heteroatoms. The lowest BCUT2D eigenvalue weighted by Gasteiger charge is -2.27. The average Bonchev–Trinajstić information content (AvgIpc) is 2.74. The number of ether oxygens (including phenoxy) is 1. The van der Waals surface area contributed by atoms with Crippen molar-refractivity contribution in [3.05, 3.63) is 58.6 Å². The van der Waals surface area contributed by atoms with Crippen LogP contribution in [0.25, 0.3) is 0 Å². The molecule has 2 aromatic rings. The smallest absolute Gasteiger partial charge is 0.255 e. The summed E-state index contributed by atoms with van der Waals surface area (Å²) in [7, 11) is -3.73. The molecule has 0 atom stereocenters. The van der Waals surface area contributed by atoms with E-state index in [1.165, 1.54) is 23.9 Å². The van der Waals surface area contributed by atoms with E-state index >= 15 is 0 Å². The zero-order valence-electron chi connectivity index (χ0n) is 16.1. The molecule has 0 saturated carbocycles. The van der Waals surface area contributed by atoms with Crippen molar-refractivity contribution in [1.29, 1.82) is 0 Å². The van der Waals surface area contributed by atoms with Crippen molar-refractivity contribution >= 4 is 39.3 Å². The molecule has 1 heterocycles. The molecule has 6 nitrogen and oxygen atoms in total. The molecule has 1 N–H and O–H groups in total. The van der Waals surface area contributed by atoms with Crippen LogP contribution < -0.4 is 4.72 Å². The lowest BCUT2D eigenvalue weighted by Crippen LogP contribution is -2.41. The fourth-order valence-corrected chi connectivity index (χ4v) is 4.78. The predicted octanol–water partition coefficient (Wildman–Crippen LogP) is 3.06. The summed E-state index contributed by atoms with van der Waals surface area (Å²) in [6, 6.07) is 12.0. The number of carbonyl (C=O) groups excluding carboxylic acids is 1. The van der Waals surface area contributed by atoms with Gasteiger partial charge < -0.3 is 9.64 Å². The maximum Gasteiger partial charge on any atom is 0.255 e. The van der Waals surface area contributed by atoms with Crippen molar-refractivity contribution in [1.82, 2.24) is 9.62 Å². The minimum absolute atomic E-state index is 0.0861. The van der Waals surface area contributed by atoms with Crippen LogP contribution in [0.15, 0.2) is 52.3 Å². The van der Waals surface area contributed by atoms with E-state index in [4.69, 9.17) is 16.3 Å². The second-order valence-corrected chi connectivity index (χ2v) is 9.59. The Balaban J connectivity index is 1.74. The quantitative estimate of drug-likeness (QED) is 0.651. The topological polar surface area (TPSA) is 75.7 Å². The molecule has 2 aromatic carbocycles. The fraction of sp³-hybridized carbons (Fsp3) is 0.350. The number of sulfonamides is 1. The molecule has 0 aromatic heterocycles. The molecule has 156 valence electrons. The first-order chi connectivity index (χ1) is 13.9. The standard InChI is InChI=1S/C20H23ClN2O4S2/c1-28-19-7-6-17(14-18(19)20(24)23-10-12-27-13-11-23)29(25,26)22-9-8-15-2-4-16(21)5-3-15/h2-7,14,22H,8-13H2,1H3. The Bertz CT molecular complexity index is 959. The van der Waals surface area contributed by atoms with E-state index in [1.807, 2.05) is 18.4 Å². The minimum Gasteiger partial charge on any atom is -0.378 e. The van der Waals surface area contributed by atoms with Gasteiger partial charge in [0.05, 0.1) is 23.7 Å². The molecule has 3 rings (SSSR count). The average molecular weight is 455 g/mol. The van der Waals surface area contributed by atoms with Gasteiger partial charge in [-0.2, -0.15) is 0 Å². The van der Waals surface area contributed by atoms with Gasteiger partial charge in [0.2, 0.25) is 10.0 Å². The van der Waals surface area contributed by atoms with Crippen LogP contribution in [0, 0.1) is 0 Å². The van der Waals surface area contributed by atoms with Crippen LogP contribution in [0.5, 0.6) is 0 Å². The van der Waals surface area contributed by atoms with E-state index < -0.39 is 10.0 Å². The third-order valence-electron chi connectivity index (χ3n) is 4.63. The minimum atomic E-state index is -3.73. The van der Waals surface area contributed by atoms with Gasteiger partial charge in [0.25, 0.3) is 5.91 Å². The zero-order valence-corrected chi connectivity index (χ0v) is 18.4. The number of halogens is 1. The Morgan fingerprint density at radius 3 is 2.52 bits per heavy atom. The molecule has 0 bridgehead atoms. The molecule has 1 amide bonds. The van der Waals surface area contributed by atoms with Gasteiger partial charge in [0.15, 0.2) is 0 Å². The second-order valence-electron chi connectivity index (χ2n) is 6.54. The Kier molecular flexibility index (Phi) is 7.59. The second kappa shape index (κ2) is 9.95. The lowest BCUT2D eigenvalue weighted by atomic mass is 10.2. The molecule has 1 aliphatic heterocycles. The maximum atomic E-state index is 12.9. The number of hydrogen-bond acceptors (Lipinski definition) is 5. The van der Waals surface area contributed by atoms with E-state index in [-0.39, 0.29) is 17.3 Å². The van der Waals surface area contributed by atoms with Gasteiger partial charge in [-0.1, -0.05) is 23.7 Å². The van der Waals surface area contributed by atoms with E-state index in [9.17, 15) is 13.2 Å². The van der Waals surface area contributed by atoms with E-state index in [1.54, 1.807) is 23.1 Å². The van der Waals surface area contributed by atoms with Crippen LogP contribution in [0.2, 0.25) is 5.02 Å². The Labute approximate surface area is 180 Å². The molecular weight excluding hydrogens is 432 g/mol. The summed E-state index contributed by atoms with van der Waals surface area (Å²) in [5, 5.41) is 0.640. The third kappa shape index (κ3) is 5.73. The first-order valence-corrected chi connectivity index (χ1v) is 12.3. The van der Waals surface area contributed by atoms with Crippen molar-refractivity contribution in [3.63, 3.8) is 0 Å². The van der Waals surface area contributed by atoms with Gasteiger partial charge in [-0.25, -0.2) is 13.1 Å². The highest BCUT2D eigenvalue weighted by atomic mass is 35.5. The summed E-state index contributed by atoms with van der Waals surface area (Å²) in [6.45, 7) is 2.24. The van der Waals surface area contributed by atoms with E-state index in [0.29, 0.717) is 43.3 Å². The van der Waals surface area contributed by atoms with Crippen molar-refractivity contribution in [2.45, 2.75) is 16.2 Å². The summed E-state index contributed by atoms with van der Waals surface area (Å²) < 4.78 is 33.4. The summed E-state index contributed by atoms with van der Waals surface area (Å²) >= 11 is 7.29. The number of thioether (sulfide) groups is 1. The number of nitrogens with zero attached hydrogens (tertiary/aromatic N) is 1. The van der Waals surface area contributed by atoms with Crippen LogP contribution in [0.3, 0.4) is 0 Å². The zero-order chi connectivity index (χ0) is 20.9. The highest BCUT2D eigenvalue weighted by Gasteiger charge is 2.23. The number of carbonyl (C=O) groups is 1. The Morgan fingerprint density at radius 1 is 1.17 bits per heavy atom. The Morgan fingerprint density at radius 2 is 1.86 bits per heavy atom. The summed E-state index contributed by atoms with van der Waals surface area (Å²) in [5.74, 6) is -0.170. The molecule has 0 aliphatic carbocycles. The number of morpholine rings is 1. The summed E-state index contributed by atoms with van der Waals surface area (Å²) in [4.78, 5) is 15.5. The van der Waals surface area contributed by atoms with Crippen molar-refractivity contribution in [3.8, 4) is 0 Å². The van der Waals surface area contributed by atoms with Gasteiger partial charge in [-0.3, -0.25) is 4.79 Å². The van der Waals surface area contributed by atoms with Crippen molar-refractivity contribution < 1.29 is 17.9 Å². The molecule has 1 saturated heterocycles. The van der Waals surface area contributed by atoms with E-state index in [2.05, 4.69) is 4.72 Å². The van der Waals surface area contributed by atoms with Crippen LogP contribution >= 0.6 is 23.4 Å².